The van der Waals surface area contributed by atoms with E-state index in [-0.39, 0.29) is 5.91 Å². The summed E-state index contributed by atoms with van der Waals surface area (Å²) in [4.78, 5) is 12.3. The number of nitrogens with two attached hydrogens (primary N) is 1. The van der Waals surface area contributed by atoms with Gasteiger partial charge in [0, 0.05) is 11.6 Å². The molecule has 2 fully saturated rings. The van der Waals surface area contributed by atoms with Crippen molar-refractivity contribution in [3.8, 4) is 11.4 Å². The number of carbonyl (C=O) groups is 1. The molecule has 25 heavy (non-hydrogen) atoms. The highest BCUT2D eigenvalue weighted by molar-refractivity contribution is 7.99. The maximum atomic E-state index is 12.3. The Hall–Kier alpha value is -2.02. The Labute approximate surface area is 151 Å². The van der Waals surface area contributed by atoms with Crippen LogP contribution in [0.4, 0.5) is 0 Å². The van der Waals surface area contributed by atoms with Gasteiger partial charge >= 0.3 is 0 Å². The van der Waals surface area contributed by atoms with Crippen molar-refractivity contribution in [2.75, 3.05) is 11.6 Å². The normalized spacial score (nSPS) is 17.0. The molecule has 2 saturated carbocycles. The van der Waals surface area contributed by atoms with Crippen molar-refractivity contribution >= 4 is 17.7 Å². The van der Waals surface area contributed by atoms with Crippen molar-refractivity contribution in [2.45, 2.75) is 43.8 Å². The molecule has 3 N–H and O–H groups in total. The first-order chi connectivity index (χ1) is 12.1. The van der Waals surface area contributed by atoms with E-state index in [0.717, 1.165) is 5.56 Å². The van der Waals surface area contributed by atoms with Gasteiger partial charge in [0.25, 0.3) is 0 Å². The first kappa shape index (κ1) is 16.4. The van der Waals surface area contributed by atoms with E-state index in [4.69, 9.17) is 5.84 Å². The summed E-state index contributed by atoms with van der Waals surface area (Å²) in [5.41, 5.74) is 2.10. The van der Waals surface area contributed by atoms with E-state index in [2.05, 4.69) is 15.5 Å². The molecule has 0 saturated heterocycles. The monoisotopic (exact) mass is 357 g/mol. The van der Waals surface area contributed by atoms with E-state index in [9.17, 15) is 4.79 Å². The highest BCUT2D eigenvalue weighted by Crippen LogP contribution is 2.44. The molecule has 2 aromatic rings. The number of hydrogen-bond donors (Lipinski definition) is 2. The van der Waals surface area contributed by atoms with Gasteiger partial charge in [0.1, 0.15) is 0 Å². The number of carbonyl (C=O) groups excluding carboxylic acids is 1. The Morgan fingerprint density at radius 1 is 1.24 bits per heavy atom. The van der Waals surface area contributed by atoms with Crippen LogP contribution in [-0.2, 0) is 4.79 Å². The molecule has 0 atom stereocenters. The molecule has 6 nitrogen and oxygen atoms in total. The van der Waals surface area contributed by atoms with E-state index < -0.39 is 0 Å². The van der Waals surface area contributed by atoms with Crippen molar-refractivity contribution in [3.05, 3.63) is 29.8 Å². The van der Waals surface area contributed by atoms with Gasteiger partial charge in [-0.2, -0.15) is 0 Å². The number of nitrogens with one attached hydrogen (secondary N) is 1. The van der Waals surface area contributed by atoms with Crippen LogP contribution >= 0.6 is 11.8 Å². The van der Waals surface area contributed by atoms with Crippen LogP contribution in [0.2, 0.25) is 0 Å². The number of nitrogen functional groups attached to an aromatic ring is 1. The molecule has 7 heteroatoms. The maximum Gasteiger partial charge on any atom is 0.230 e. The van der Waals surface area contributed by atoms with Crippen molar-refractivity contribution in [3.63, 3.8) is 0 Å². The number of amides is 1. The highest BCUT2D eigenvalue weighted by Gasteiger charge is 2.42. The molecule has 4 rings (SSSR count). The fourth-order valence-electron chi connectivity index (χ4n) is 3.16. The topological polar surface area (TPSA) is 85.8 Å². The minimum absolute atomic E-state index is 0.0636. The molecule has 0 spiro atoms. The molecule has 132 valence electrons. The van der Waals surface area contributed by atoms with Gasteiger partial charge in [-0.05, 0) is 44.4 Å². The number of nitrogens with zero attached hydrogens (tertiary/aromatic N) is 3. The van der Waals surface area contributed by atoms with Crippen molar-refractivity contribution in [1.82, 2.24) is 20.2 Å². The Morgan fingerprint density at radius 2 is 1.88 bits per heavy atom. The van der Waals surface area contributed by atoms with Crippen LogP contribution in [0.25, 0.3) is 11.4 Å². The second kappa shape index (κ2) is 6.71. The number of hydrogen-bond acceptors (Lipinski definition) is 5. The van der Waals surface area contributed by atoms with Crippen LogP contribution in [0, 0.1) is 18.8 Å². The quantitative estimate of drug-likeness (QED) is 0.587. The first-order valence-corrected chi connectivity index (χ1v) is 9.80. The molecule has 1 heterocycles. The smallest absolute Gasteiger partial charge is 0.230 e. The Bertz CT molecular complexity index is 752. The van der Waals surface area contributed by atoms with Crippen molar-refractivity contribution in [1.29, 1.82) is 0 Å². The summed E-state index contributed by atoms with van der Waals surface area (Å²) >= 11 is 1.33. The molecular formula is C18H23N5OS. The van der Waals surface area contributed by atoms with Gasteiger partial charge in [-0.3, -0.25) is 4.79 Å². The third kappa shape index (κ3) is 3.81. The van der Waals surface area contributed by atoms with Crippen LogP contribution in [0.15, 0.2) is 29.4 Å². The van der Waals surface area contributed by atoms with Crippen molar-refractivity contribution < 1.29 is 4.79 Å². The fourth-order valence-corrected chi connectivity index (χ4v) is 3.83. The van der Waals surface area contributed by atoms with Gasteiger partial charge in [0.2, 0.25) is 11.1 Å². The standard InChI is InChI=1S/C18H23N5OS/c1-11-2-4-14(5-3-11)17-21-22-18(23(17)19)25-10-15(24)20-16(12-6-7-12)13-8-9-13/h2-5,12-13,16H,6-10,19H2,1H3,(H,20,24). The zero-order valence-corrected chi connectivity index (χ0v) is 15.1. The number of rotatable bonds is 7. The van der Waals surface area contributed by atoms with Gasteiger partial charge in [-0.1, -0.05) is 41.6 Å². The lowest BCUT2D eigenvalue weighted by atomic mass is 10.1. The van der Waals surface area contributed by atoms with Crippen LogP contribution in [0.3, 0.4) is 0 Å². The fraction of sp³-hybridized carbons (Fsp3) is 0.500. The predicted molar refractivity (Wildman–Crippen MR) is 98.4 cm³/mol. The SMILES string of the molecule is Cc1ccc(-c2nnc(SCC(=O)NC(C3CC3)C3CC3)n2N)cc1. The molecule has 1 aromatic carbocycles. The number of thioether (sulfide) groups is 1. The lowest BCUT2D eigenvalue weighted by Crippen LogP contribution is -2.39. The summed E-state index contributed by atoms with van der Waals surface area (Å²) in [6.45, 7) is 2.04. The molecule has 2 aliphatic carbocycles. The summed E-state index contributed by atoms with van der Waals surface area (Å²) in [7, 11) is 0. The average molecular weight is 357 g/mol. The minimum Gasteiger partial charge on any atom is -0.352 e. The number of aryl methyl sites for hydroxylation is 1. The molecule has 0 aliphatic heterocycles. The molecular weight excluding hydrogens is 334 g/mol. The van der Waals surface area contributed by atoms with Crippen LogP contribution in [-0.4, -0.2) is 32.6 Å². The molecule has 0 unspecified atom stereocenters. The van der Waals surface area contributed by atoms with Crippen LogP contribution in [0.1, 0.15) is 31.2 Å². The first-order valence-electron chi connectivity index (χ1n) is 8.81. The van der Waals surface area contributed by atoms with Gasteiger partial charge < -0.3 is 11.2 Å². The maximum absolute atomic E-state index is 12.3. The van der Waals surface area contributed by atoms with E-state index in [0.29, 0.717) is 34.6 Å². The summed E-state index contributed by atoms with van der Waals surface area (Å²) in [5, 5.41) is 12.1. The zero-order chi connectivity index (χ0) is 17.4. The van der Waals surface area contributed by atoms with Crippen LogP contribution < -0.4 is 11.2 Å². The summed E-state index contributed by atoms with van der Waals surface area (Å²) < 4.78 is 1.46. The molecule has 1 aromatic heterocycles. The Balaban J connectivity index is 1.36. The van der Waals surface area contributed by atoms with E-state index >= 15 is 0 Å². The second-order valence-corrected chi connectivity index (χ2v) is 8.04. The third-order valence-corrected chi connectivity index (χ3v) is 5.84. The van der Waals surface area contributed by atoms with E-state index in [1.54, 1.807) is 0 Å². The Morgan fingerprint density at radius 3 is 2.48 bits per heavy atom. The average Bonchev–Trinajstić information content (AvgIpc) is 3.51. The second-order valence-electron chi connectivity index (χ2n) is 7.10. The summed E-state index contributed by atoms with van der Waals surface area (Å²) in [6, 6.07) is 8.35. The molecule has 0 radical (unpaired) electrons. The summed E-state index contributed by atoms with van der Waals surface area (Å²) in [6.07, 6.45) is 5.02. The van der Waals surface area contributed by atoms with E-state index in [1.807, 2.05) is 31.2 Å². The third-order valence-electron chi connectivity index (χ3n) is 4.89. The molecule has 2 aliphatic rings. The number of aromatic nitrogens is 3. The summed E-state index contributed by atoms with van der Waals surface area (Å²) in [5.74, 6) is 8.51. The largest absolute Gasteiger partial charge is 0.352 e. The molecule has 1 amide bonds. The molecule has 0 bridgehead atoms. The number of benzene rings is 1. The Kier molecular flexibility index (Phi) is 4.41. The lowest BCUT2D eigenvalue weighted by molar-refractivity contribution is -0.119. The lowest BCUT2D eigenvalue weighted by Gasteiger charge is -2.17. The highest BCUT2D eigenvalue weighted by atomic mass is 32.2. The van der Waals surface area contributed by atoms with Gasteiger partial charge in [0.15, 0.2) is 5.82 Å². The van der Waals surface area contributed by atoms with Gasteiger partial charge in [0.05, 0.1) is 5.75 Å². The predicted octanol–water partition coefficient (Wildman–Crippen LogP) is 2.36. The van der Waals surface area contributed by atoms with Crippen molar-refractivity contribution in [2.24, 2.45) is 11.8 Å². The van der Waals surface area contributed by atoms with Crippen LogP contribution in [0.5, 0.6) is 0 Å². The van der Waals surface area contributed by atoms with Gasteiger partial charge in [-0.25, -0.2) is 4.68 Å². The van der Waals surface area contributed by atoms with Gasteiger partial charge in [-0.15, -0.1) is 10.2 Å². The minimum atomic E-state index is 0.0636. The zero-order valence-electron chi connectivity index (χ0n) is 14.3. The van der Waals surface area contributed by atoms with E-state index in [1.165, 1.54) is 47.7 Å².